The Morgan fingerprint density at radius 1 is 1.53 bits per heavy atom. The number of rotatable bonds is 4. The second kappa shape index (κ2) is 5.47. The lowest BCUT2D eigenvalue weighted by Gasteiger charge is -2.24. The molecule has 0 amide bonds. The fourth-order valence-electron chi connectivity index (χ4n) is 2.56. The quantitative estimate of drug-likeness (QED) is 0.816. The second-order valence-electron chi connectivity index (χ2n) is 5.52. The van der Waals surface area contributed by atoms with Gasteiger partial charge in [0.15, 0.2) is 0 Å². The van der Waals surface area contributed by atoms with Crippen LogP contribution >= 0.6 is 0 Å². The number of hydrogen-bond donors (Lipinski definition) is 2. The van der Waals surface area contributed by atoms with Crippen molar-refractivity contribution in [2.45, 2.75) is 32.6 Å². The SMILES string of the molecule is COC(=O)c1cc(NCC2(C)CCCC2)ncc1N. The highest BCUT2D eigenvalue weighted by Gasteiger charge is 2.28. The van der Waals surface area contributed by atoms with Gasteiger partial charge >= 0.3 is 5.97 Å². The number of anilines is 2. The molecule has 0 spiro atoms. The Bertz CT molecular complexity index is 468. The lowest BCUT2D eigenvalue weighted by atomic mass is 9.89. The zero-order chi connectivity index (χ0) is 13.9. The first-order valence-electron chi connectivity index (χ1n) is 6.62. The van der Waals surface area contributed by atoms with E-state index in [1.54, 1.807) is 6.07 Å². The van der Waals surface area contributed by atoms with Crippen LogP contribution in [0.3, 0.4) is 0 Å². The Balaban J connectivity index is 2.06. The summed E-state index contributed by atoms with van der Waals surface area (Å²) in [7, 11) is 1.34. The van der Waals surface area contributed by atoms with Gasteiger partial charge in [0, 0.05) is 6.54 Å². The third kappa shape index (κ3) is 3.16. The smallest absolute Gasteiger partial charge is 0.340 e. The van der Waals surface area contributed by atoms with Crippen LogP contribution in [0.5, 0.6) is 0 Å². The molecule has 0 unspecified atom stereocenters. The first kappa shape index (κ1) is 13.6. The third-order valence-electron chi connectivity index (χ3n) is 3.85. The molecule has 19 heavy (non-hydrogen) atoms. The lowest BCUT2D eigenvalue weighted by Crippen LogP contribution is -2.23. The van der Waals surface area contributed by atoms with E-state index in [0.717, 1.165) is 6.54 Å². The van der Waals surface area contributed by atoms with Gasteiger partial charge in [-0.05, 0) is 24.3 Å². The molecule has 0 saturated heterocycles. The lowest BCUT2D eigenvalue weighted by molar-refractivity contribution is 0.0602. The predicted octanol–water partition coefficient (Wildman–Crippen LogP) is 2.44. The molecule has 0 atom stereocenters. The minimum absolute atomic E-state index is 0.328. The zero-order valence-corrected chi connectivity index (χ0v) is 11.5. The minimum Gasteiger partial charge on any atom is -0.465 e. The largest absolute Gasteiger partial charge is 0.465 e. The summed E-state index contributed by atoms with van der Waals surface area (Å²) in [4.78, 5) is 15.8. The van der Waals surface area contributed by atoms with Crippen LogP contribution in [0.25, 0.3) is 0 Å². The molecular formula is C14H21N3O2. The maximum atomic E-state index is 11.6. The monoisotopic (exact) mass is 263 g/mol. The summed E-state index contributed by atoms with van der Waals surface area (Å²) in [5.41, 5.74) is 6.74. The number of esters is 1. The molecule has 5 nitrogen and oxygen atoms in total. The van der Waals surface area contributed by atoms with Crippen LogP contribution in [0, 0.1) is 5.41 Å². The number of nitrogens with one attached hydrogen (secondary N) is 1. The number of aromatic nitrogens is 1. The number of hydrogen-bond acceptors (Lipinski definition) is 5. The first-order chi connectivity index (χ1) is 9.04. The van der Waals surface area contributed by atoms with Crippen LogP contribution in [-0.2, 0) is 4.74 Å². The number of carbonyl (C=O) groups is 1. The van der Waals surface area contributed by atoms with Crippen molar-refractivity contribution in [3.63, 3.8) is 0 Å². The maximum Gasteiger partial charge on any atom is 0.340 e. The highest BCUT2D eigenvalue weighted by Crippen LogP contribution is 2.37. The van der Waals surface area contributed by atoms with Gasteiger partial charge < -0.3 is 15.8 Å². The van der Waals surface area contributed by atoms with Crippen molar-refractivity contribution < 1.29 is 9.53 Å². The van der Waals surface area contributed by atoms with Crippen molar-refractivity contribution in [1.82, 2.24) is 4.98 Å². The standard InChI is InChI=1S/C14H21N3O2/c1-14(5-3-4-6-14)9-17-12-7-10(13(18)19-2)11(15)8-16-12/h7-8H,3-6,9,15H2,1-2H3,(H,16,17). The van der Waals surface area contributed by atoms with Crippen molar-refractivity contribution >= 4 is 17.5 Å². The summed E-state index contributed by atoms with van der Waals surface area (Å²) in [5.74, 6) is 0.234. The number of carbonyl (C=O) groups excluding carboxylic acids is 1. The average Bonchev–Trinajstić information content (AvgIpc) is 2.84. The number of ether oxygens (including phenoxy) is 1. The van der Waals surface area contributed by atoms with Crippen LogP contribution in [0.15, 0.2) is 12.3 Å². The van der Waals surface area contributed by atoms with Crippen LogP contribution in [-0.4, -0.2) is 24.6 Å². The van der Waals surface area contributed by atoms with Gasteiger partial charge in [0.2, 0.25) is 0 Å². The van der Waals surface area contributed by atoms with E-state index in [0.29, 0.717) is 22.5 Å². The van der Waals surface area contributed by atoms with E-state index in [9.17, 15) is 4.79 Å². The molecule has 0 aliphatic heterocycles. The normalized spacial score (nSPS) is 17.2. The number of methoxy groups -OCH3 is 1. The van der Waals surface area contributed by atoms with Gasteiger partial charge in [0.05, 0.1) is 24.6 Å². The van der Waals surface area contributed by atoms with Gasteiger partial charge in [-0.1, -0.05) is 19.8 Å². The van der Waals surface area contributed by atoms with Crippen LogP contribution in [0.2, 0.25) is 0 Å². The molecule has 1 aromatic heterocycles. The topological polar surface area (TPSA) is 77.2 Å². The molecule has 2 rings (SSSR count). The zero-order valence-electron chi connectivity index (χ0n) is 11.5. The van der Waals surface area contributed by atoms with Crippen molar-refractivity contribution in [2.24, 2.45) is 5.41 Å². The minimum atomic E-state index is -0.435. The first-order valence-corrected chi connectivity index (χ1v) is 6.62. The average molecular weight is 263 g/mol. The molecule has 1 aliphatic carbocycles. The molecule has 1 fully saturated rings. The summed E-state index contributed by atoms with van der Waals surface area (Å²) in [6.07, 6.45) is 6.55. The van der Waals surface area contributed by atoms with Crippen LogP contribution < -0.4 is 11.1 Å². The Labute approximate surface area is 113 Å². The molecule has 0 radical (unpaired) electrons. The molecule has 0 aromatic carbocycles. The molecule has 1 saturated carbocycles. The summed E-state index contributed by atoms with van der Waals surface area (Å²) in [6, 6.07) is 1.65. The summed E-state index contributed by atoms with van der Waals surface area (Å²) in [5, 5.41) is 3.30. The Morgan fingerprint density at radius 3 is 2.84 bits per heavy atom. The second-order valence-corrected chi connectivity index (χ2v) is 5.52. The van der Waals surface area contributed by atoms with Crippen molar-refractivity contribution in [3.05, 3.63) is 17.8 Å². The third-order valence-corrected chi connectivity index (χ3v) is 3.85. The van der Waals surface area contributed by atoms with E-state index in [2.05, 4.69) is 17.2 Å². The molecule has 1 aliphatic rings. The molecule has 0 bridgehead atoms. The van der Waals surface area contributed by atoms with Gasteiger partial charge in [0.25, 0.3) is 0 Å². The highest BCUT2D eigenvalue weighted by atomic mass is 16.5. The van der Waals surface area contributed by atoms with Crippen molar-refractivity contribution in [2.75, 3.05) is 24.7 Å². The van der Waals surface area contributed by atoms with Gasteiger partial charge in [-0.15, -0.1) is 0 Å². The number of nitrogens with zero attached hydrogens (tertiary/aromatic N) is 1. The highest BCUT2D eigenvalue weighted by molar-refractivity contribution is 5.95. The van der Waals surface area contributed by atoms with E-state index in [1.165, 1.54) is 39.0 Å². The Morgan fingerprint density at radius 2 is 2.21 bits per heavy atom. The predicted molar refractivity (Wildman–Crippen MR) is 75.1 cm³/mol. The van der Waals surface area contributed by atoms with Crippen LogP contribution in [0.4, 0.5) is 11.5 Å². The van der Waals surface area contributed by atoms with Crippen molar-refractivity contribution in [3.8, 4) is 0 Å². The Kier molecular flexibility index (Phi) is 3.93. The van der Waals surface area contributed by atoms with Gasteiger partial charge in [0.1, 0.15) is 5.82 Å². The van der Waals surface area contributed by atoms with E-state index in [-0.39, 0.29) is 0 Å². The number of nitrogen functional groups attached to an aromatic ring is 1. The van der Waals surface area contributed by atoms with Crippen molar-refractivity contribution in [1.29, 1.82) is 0 Å². The molecule has 1 heterocycles. The number of pyridine rings is 1. The van der Waals surface area contributed by atoms with E-state index >= 15 is 0 Å². The molecule has 5 heteroatoms. The maximum absolute atomic E-state index is 11.6. The van der Waals surface area contributed by atoms with Gasteiger partial charge in [-0.25, -0.2) is 9.78 Å². The Hall–Kier alpha value is -1.78. The number of nitrogens with two attached hydrogens (primary N) is 1. The summed E-state index contributed by atoms with van der Waals surface area (Å²) >= 11 is 0. The van der Waals surface area contributed by atoms with E-state index in [1.807, 2.05) is 0 Å². The van der Waals surface area contributed by atoms with Crippen LogP contribution in [0.1, 0.15) is 43.0 Å². The molecule has 3 N–H and O–H groups in total. The van der Waals surface area contributed by atoms with Gasteiger partial charge in [-0.2, -0.15) is 0 Å². The molecular weight excluding hydrogens is 242 g/mol. The summed E-state index contributed by atoms with van der Waals surface area (Å²) in [6.45, 7) is 3.15. The fourth-order valence-corrected chi connectivity index (χ4v) is 2.56. The van der Waals surface area contributed by atoms with E-state index in [4.69, 9.17) is 10.5 Å². The fraction of sp³-hybridized carbons (Fsp3) is 0.571. The molecule has 1 aromatic rings. The molecule has 104 valence electrons. The van der Waals surface area contributed by atoms with E-state index < -0.39 is 5.97 Å². The van der Waals surface area contributed by atoms with Gasteiger partial charge in [-0.3, -0.25) is 0 Å². The summed E-state index contributed by atoms with van der Waals surface area (Å²) < 4.78 is 4.70.